The maximum Gasteiger partial charge on any atom is 0.0946 e. The van der Waals surface area contributed by atoms with Gasteiger partial charge < -0.3 is 14.2 Å². The first-order valence-electron chi connectivity index (χ1n) is 3.13. The highest BCUT2D eigenvalue weighted by Crippen LogP contribution is 2.24. The Morgan fingerprint density at radius 2 is 2.50 bits per heavy atom. The number of hydrogen-bond donors (Lipinski definition) is 2. The molecule has 2 aliphatic heterocycles. The van der Waals surface area contributed by atoms with Crippen molar-refractivity contribution in [1.82, 2.24) is 8.43 Å². The second-order valence-electron chi connectivity index (χ2n) is 2.47. The molecule has 3 N–H and O–H groups in total. The van der Waals surface area contributed by atoms with Crippen LogP contribution in [0.15, 0.2) is 24.2 Å². The first-order valence-corrected chi connectivity index (χ1v) is 4.10. The summed E-state index contributed by atoms with van der Waals surface area (Å²) >= 11 is 2.27. The van der Waals surface area contributed by atoms with Gasteiger partial charge in [-0.3, -0.25) is 0 Å². The van der Waals surface area contributed by atoms with E-state index in [4.69, 9.17) is 5.73 Å². The van der Waals surface area contributed by atoms with E-state index in [2.05, 4.69) is 43.6 Å². The molecule has 2 unspecified atom stereocenters. The molecule has 0 aromatic heterocycles. The zero-order valence-electron chi connectivity index (χ0n) is 5.29. The average molecular weight is 249 g/mol. The lowest BCUT2D eigenvalue weighted by molar-refractivity contribution is 0.540. The van der Waals surface area contributed by atoms with E-state index in [1.54, 1.807) is 0 Å². The topological polar surface area (TPSA) is 41.3 Å². The fourth-order valence-corrected chi connectivity index (χ4v) is 1.97. The molecule has 0 amide bonds. The fraction of sp³-hybridized carbons (Fsp3) is 0.333. The second-order valence-corrected chi connectivity index (χ2v) is 3.58. The van der Waals surface area contributed by atoms with Crippen LogP contribution < -0.4 is 11.1 Å². The Bertz CT molecular complexity index is 211. The summed E-state index contributed by atoms with van der Waals surface area (Å²) < 4.78 is 2.12. The third-order valence-corrected chi connectivity index (χ3v) is 2.74. The smallest absolute Gasteiger partial charge is 0.0946 e. The van der Waals surface area contributed by atoms with Crippen molar-refractivity contribution in [2.24, 2.45) is 5.73 Å². The van der Waals surface area contributed by atoms with Gasteiger partial charge in [0.1, 0.15) is 0 Å². The molecule has 2 aliphatic rings. The summed E-state index contributed by atoms with van der Waals surface area (Å²) in [5, 5.41) is 3.15. The third-order valence-electron chi connectivity index (χ3n) is 1.77. The Morgan fingerprint density at radius 1 is 1.70 bits per heavy atom. The number of halogens is 1. The molecule has 0 aliphatic carbocycles. The van der Waals surface area contributed by atoms with Crippen LogP contribution in [0.3, 0.4) is 0 Å². The predicted molar refractivity (Wildman–Crippen MR) is 48.0 cm³/mol. The maximum absolute atomic E-state index is 5.57. The molecule has 0 aromatic carbocycles. The monoisotopic (exact) mass is 249 g/mol. The molecular weight excluding hydrogens is 241 g/mol. The standard InChI is InChI=1S/C6H8IN3/c7-10-2-1-4-5(10)3-6(8)9-4/h1-5,9H,8H2. The van der Waals surface area contributed by atoms with Gasteiger partial charge in [0.05, 0.1) is 40.8 Å². The lowest BCUT2D eigenvalue weighted by Gasteiger charge is -2.14. The van der Waals surface area contributed by atoms with Crippen LogP contribution in [0.4, 0.5) is 0 Å². The van der Waals surface area contributed by atoms with Crippen molar-refractivity contribution < 1.29 is 0 Å². The van der Waals surface area contributed by atoms with Gasteiger partial charge in [0.15, 0.2) is 0 Å². The van der Waals surface area contributed by atoms with E-state index in [0.717, 1.165) is 5.82 Å². The Balaban J connectivity index is 2.21. The lowest BCUT2D eigenvalue weighted by Crippen LogP contribution is -2.32. The van der Waals surface area contributed by atoms with Crippen molar-refractivity contribution in [2.45, 2.75) is 12.1 Å². The summed E-state index contributed by atoms with van der Waals surface area (Å²) in [5.41, 5.74) is 5.57. The highest BCUT2D eigenvalue weighted by molar-refractivity contribution is 14.1. The quantitative estimate of drug-likeness (QED) is 0.479. The van der Waals surface area contributed by atoms with Crippen LogP contribution in [-0.2, 0) is 0 Å². The molecule has 0 saturated heterocycles. The van der Waals surface area contributed by atoms with Crippen molar-refractivity contribution >= 4 is 22.9 Å². The van der Waals surface area contributed by atoms with E-state index in [-0.39, 0.29) is 0 Å². The first kappa shape index (κ1) is 6.33. The molecule has 2 atom stereocenters. The highest BCUT2D eigenvalue weighted by Gasteiger charge is 2.30. The number of rotatable bonds is 0. The molecule has 0 radical (unpaired) electrons. The van der Waals surface area contributed by atoms with Gasteiger partial charge in [0.25, 0.3) is 0 Å². The average Bonchev–Trinajstić information content (AvgIpc) is 2.35. The minimum atomic E-state index is 0.400. The minimum Gasteiger partial charge on any atom is -0.386 e. The molecule has 4 heteroatoms. The molecule has 3 nitrogen and oxygen atoms in total. The first-order chi connectivity index (χ1) is 4.77. The van der Waals surface area contributed by atoms with Gasteiger partial charge >= 0.3 is 0 Å². The molecule has 0 fully saturated rings. The summed E-state index contributed by atoms with van der Waals surface area (Å²) in [5.74, 6) is 0.793. The summed E-state index contributed by atoms with van der Waals surface area (Å²) in [4.78, 5) is 0. The van der Waals surface area contributed by atoms with Gasteiger partial charge in [0, 0.05) is 6.20 Å². The zero-order valence-corrected chi connectivity index (χ0v) is 7.45. The van der Waals surface area contributed by atoms with Crippen molar-refractivity contribution in [3.05, 3.63) is 24.2 Å². The molecule has 0 spiro atoms. The third kappa shape index (κ3) is 0.783. The SMILES string of the molecule is NC1=CC2C(C=CN2I)N1. The molecule has 2 heterocycles. The zero-order chi connectivity index (χ0) is 7.14. The van der Waals surface area contributed by atoms with E-state index in [9.17, 15) is 0 Å². The van der Waals surface area contributed by atoms with E-state index in [0.29, 0.717) is 12.1 Å². The maximum atomic E-state index is 5.57. The molecule has 10 heavy (non-hydrogen) atoms. The van der Waals surface area contributed by atoms with Crippen LogP contribution in [0.2, 0.25) is 0 Å². The van der Waals surface area contributed by atoms with Crippen LogP contribution >= 0.6 is 22.9 Å². The van der Waals surface area contributed by atoms with Gasteiger partial charge in [-0.15, -0.1) is 0 Å². The van der Waals surface area contributed by atoms with Crippen LogP contribution in [-0.4, -0.2) is 15.2 Å². The largest absolute Gasteiger partial charge is 0.386 e. The number of fused-ring (bicyclic) bond motifs is 1. The van der Waals surface area contributed by atoms with E-state index < -0.39 is 0 Å². The molecule has 54 valence electrons. The Hall–Kier alpha value is -0.390. The van der Waals surface area contributed by atoms with Crippen molar-refractivity contribution in [1.29, 1.82) is 0 Å². The number of nitrogens with zero attached hydrogens (tertiary/aromatic N) is 1. The Morgan fingerprint density at radius 3 is 3.20 bits per heavy atom. The normalized spacial score (nSPS) is 35.7. The van der Waals surface area contributed by atoms with Crippen LogP contribution in [0.1, 0.15) is 0 Å². The van der Waals surface area contributed by atoms with Crippen molar-refractivity contribution in [2.75, 3.05) is 0 Å². The Labute approximate surface area is 73.4 Å². The summed E-state index contributed by atoms with van der Waals surface area (Å²) in [6, 6.07) is 0.831. The predicted octanol–water partition coefficient (Wildman–Crippen LogP) is 0.306. The molecule has 0 saturated carbocycles. The second kappa shape index (κ2) is 2.05. The number of nitrogens with two attached hydrogens (primary N) is 1. The van der Waals surface area contributed by atoms with Crippen molar-refractivity contribution in [3.63, 3.8) is 0 Å². The lowest BCUT2D eigenvalue weighted by atomic mass is 10.2. The van der Waals surface area contributed by atoms with Gasteiger partial charge in [-0.1, -0.05) is 0 Å². The number of hydrogen-bond acceptors (Lipinski definition) is 3. The molecule has 2 rings (SSSR count). The van der Waals surface area contributed by atoms with Crippen LogP contribution in [0, 0.1) is 0 Å². The Kier molecular flexibility index (Phi) is 1.29. The van der Waals surface area contributed by atoms with Gasteiger partial charge in [-0.05, 0) is 12.2 Å². The molecule has 0 aromatic rings. The van der Waals surface area contributed by atoms with E-state index in [1.807, 2.05) is 6.08 Å². The van der Waals surface area contributed by atoms with Gasteiger partial charge in [0.2, 0.25) is 0 Å². The van der Waals surface area contributed by atoms with Crippen LogP contribution in [0.25, 0.3) is 0 Å². The van der Waals surface area contributed by atoms with Crippen LogP contribution in [0.5, 0.6) is 0 Å². The summed E-state index contributed by atoms with van der Waals surface area (Å²) in [6.07, 6.45) is 6.22. The molecular formula is C6H8IN3. The van der Waals surface area contributed by atoms with Gasteiger partial charge in [-0.25, -0.2) is 0 Å². The highest BCUT2D eigenvalue weighted by atomic mass is 127. The van der Waals surface area contributed by atoms with Crippen molar-refractivity contribution in [3.8, 4) is 0 Å². The van der Waals surface area contributed by atoms with Gasteiger partial charge in [-0.2, -0.15) is 0 Å². The molecule has 0 bridgehead atoms. The summed E-state index contributed by atoms with van der Waals surface area (Å²) in [6.45, 7) is 0. The number of nitrogens with one attached hydrogen (secondary N) is 1. The summed E-state index contributed by atoms with van der Waals surface area (Å²) in [7, 11) is 0. The van der Waals surface area contributed by atoms with E-state index in [1.165, 1.54) is 0 Å². The minimum absolute atomic E-state index is 0.400. The fourth-order valence-electron chi connectivity index (χ4n) is 1.27. The van der Waals surface area contributed by atoms with E-state index >= 15 is 0 Å².